The van der Waals surface area contributed by atoms with Crippen molar-refractivity contribution in [2.45, 2.75) is 32.7 Å². The SMILES string of the molecule is CC1CCC(NC(=O)c2ccc3nc(N)sc3c2)C1C. The summed E-state index contributed by atoms with van der Waals surface area (Å²) in [6.45, 7) is 4.47. The van der Waals surface area contributed by atoms with Crippen molar-refractivity contribution in [1.82, 2.24) is 10.3 Å². The van der Waals surface area contributed by atoms with Crippen LogP contribution in [0.2, 0.25) is 0 Å². The number of hydrogen-bond acceptors (Lipinski definition) is 4. The smallest absolute Gasteiger partial charge is 0.251 e. The topological polar surface area (TPSA) is 68.0 Å². The van der Waals surface area contributed by atoms with Crippen LogP contribution >= 0.6 is 11.3 Å². The fraction of sp³-hybridized carbons (Fsp3) is 0.467. The minimum Gasteiger partial charge on any atom is -0.375 e. The van der Waals surface area contributed by atoms with Crippen molar-refractivity contribution in [2.24, 2.45) is 11.8 Å². The lowest BCUT2D eigenvalue weighted by molar-refractivity contribution is 0.0927. The van der Waals surface area contributed by atoms with E-state index in [1.165, 1.54) is 17.8 Å². The molecule has 1 aromatic heterocycles. The molecule has 1 saturated carbocycles. The molecule has 0 bridgehead atoms. The quantitative estimate of drug-likeness (QED) is 0.893. The average Bonchev–Trinajstić information content (AvgIpc) is 2.93. The van der Waals surface area contributed by atoms with Crippen LogP contribution in [0.4, 0.5) is 5.13 Å². The number of carbonyl (C=O) groups is 1. The van der Waals surface area contributed by atoms with Crippen LogP contribution in [0, 0.1) is 11.8 Å². The molecule has 5 heteroatoms. The molecule has 1 fully saturated rings. The Hall–Kier alpha value is -1.62. The first-order chi connectivity index (χ1) is 9.54. The number of amides is 1. The molecule has 3 unspecified atom stereocenters. The largest absolute Gasteiger partial charge is 0.375 e. The molecule has 0 aliphatic heterocycles. The van der Waals surface area contributed by atoms with Gasteiger partial charge in [-0.3, -0.25) is 4.79 Å². The maximum atomic E-state index is 12.3. The van der Waals surface area contributed by atoms with Gasteiger partial charge in [-0.2, -0.15) is 0 Å². The van der Waals surface area contributed by atoms with Crippen molar-refractivity contribution in [3.05, 3.63) is 23.8 Å². The number of nitrogens with zero attached hydrogens (tertiary/aromatic N) is 1. The number of anilines is 1. The fourth-order valence-corrected chi connectivity index (χ4v) is 3.68. The first kappa shape index (κ1) is 13.4. The van der Waals surface area contributed by atoms with Gasteiger partial charge in [0.2, 0.25) is 0 Å². The molecule has 106 valence electrons. The van der Waals surface area contributed by atoms with E-state index in [1.807, 2.05) is 18.2 Å². The molecule has 1 aliphatic carbocycles. The van der Waals surface area contributed by atoms with Crippen LogP contribution < -0.4 is 11.1 Å². The molecule has 1 aliphatic rings. The predicted octanol–water partition coefficient (Wildman–Crippen LogP) is 3.04. The van der Waals surface area contributed by atoms with Crippen molar-refractivity contribution >= 4 is 32.6 Å². The van der Waals surface area contributed by atoms with Crippen molar-refractivity contribution in [2.75, 3.05) is 5.73 Å². The molecule has 20 heavy (non-hydrogen) atoms. The molecule has 3 rings (SSSR count). The number of benzene rings is 1. The predicted molar refractivity (Wildman–Crippen MR) is 82.8 cm³/mol. The summed E-state index contributed by atoms with van der Waals surface area (Å²) in [5.41, 5.74) is 7.23. The molecule has 3 N–H and O–H groups in total. The molecule has 0 saturated heterocycles. The molecule has 4 nitrogen and oxygen atoms in total. The van der Waals surface area contributed by atoms with Crippen LogP contribution in [0.3, 0.4) is 0 Å². The molecule has 2 aromatic rings. The monoisotopic (exact) mass is 289 g/mol. The number of carbonyl (C=O) groups excluding carboxylic acids is 1. The van der Waals surface area contributed by atoms with Gasteiger partial charge >= 0.3 is 0 Å². The van der Waals surface area contributed by atoms with Crippen LogP contribution in [0.15, 0.2) is 18.2 Å². The molecule has 1 aromatic carbocycles. The summed E-state index contributed by atoms with van der Waals surface area (Å²) in [4.78, 5) is 16.5. The molecule has 1 amide bonds. The van der Waals surface area contributed by atoms with Crippen molar-refractivity contribution in [3.63, 3.8) is 0 Å². The van der Waals surface area contributed by atoms with Gasteiger partial charge in [-0.15, -0.1) is 0 Å². The second kappa shape index (κ2) is 5.05. The maximum absolute atomic E-state index is 12.3. The van der Waals surface area contributed by atoms with Gasteiger partial charge in [0.05, 0.1) is 10.2 Å². The summed E-state index contributed by atoms with van der Waals surface area (Å²) < 4.78 is 0.961. The van der Waals surface area contributed by atoms with E-state index in [0.717, 1.165) is 16.6 Å². The van der Waals surface area contributed by atoms with Gasteiger partial charge in [0, 0.05) is 11.6 Å². The molecular formula is C15H19N3OS. The number of thiazole rings is 1. The zero-order valence-corrected chi connectivity index (χ0v) is 12.5. The minimum absolute atomic E-state index is 0.00446. The van der Waals surface area contributed by atoms with Crippen LogP contribution in [-0.2, 0) is 0 Å². The summed E-state index contributed by atoms with van der Waals surface area (Å²) in [7, 11) is 0. The standard InChI is InChI=1S/C15H19N3OS/c1-8-3-5-11(9(8)2)17-14(19)10-4-6-12-13(7-10)20-15(16)18-12/h4,6-9,11H,3,5H2,1-2H3,(H2,16,18)(H,17,19). The molecule has 0 radical (unpaired) electrons. The number of nitrogens with one attached hydrogen (secondary N) is 1. The average molecular weight is 289 g/mol. The van der Waals surface area contributed by atoms with E-state index in [1.54, 1.807) is 0 Å². The van der Waals surface area contributed by atoms with Crippen LogP contribution in [0.1, 0.15) is 37.0 Å². The highest BCUT2D eigenvalue weighted by molar-refractivity contribution is 7.22. The number of nitrogens with two attached hydrogens (primary N) is 1. The third-order valence-electron chi connectivity index (χ3n) is 4.45. The Labute approximate surface area is 122 Å². The van der Waals surface area contributed by atoms with Gasteiger partial charge in [-0.25, -0.2) is 4.98 Å². The first-order valence-electron chi connectivity index (χ1n) is 7.01. The van der Waals surface area contributed by atoms with Gasteiger partial charge < -0.3 is 11.1 Å². The Morgan fingerprint density at radius 2 is 2.20 bits per heavy atom. The lowest BCUT2D eigenvalue weighted by Gasteiger charge is -2.19. The van der Waals surface area contributed by atoms with Gasteiger partial charge in [0.25, 0.3) is 5.91 Å². The lowest BCUT2D eigenvalue weighted by Crippen LogP contribution is -2.37. The number of hydrogen-bond donors (Lipinski definition) is 2. The summed E-state index contributed by atoms with van der Waals surface area (Å²) in [5, 5.41) is 3.70. The Bertz CT molecular complexity index is 652. The van der Waals surface area contributed by atoms with E-state index in [-0.39, 0.29) is 5.91 Å². The highest BCUT2D eigenvalue weighted by Gasteiger charge is 2.30. The van der Waals surface area contributed by atoms with E-state index in [9.17, 15) is 4.79 Å². The molecule has 1 heterocycles. The van der Waals surface area contributed by atoms with Crippen LogP contribution in [-0.4, -0.2) is 16.9 Å². The van der Waals surface area contributed by atoms with Crippen molar-refractivity contribution in [1.29, 1.82) is 0 Å². The highest BCUT2D eigenvalue weighted by atomic mass is 32.1. The van der Waals surface area contributed by atoms with Gasteiger partial charge in [0.1, 0.15) is 0 Å². The third kappa shape index (κ3) is 2.38. The van der Waals surface area contributed by atoms with Gasteiger partial charge in [-0.1, -0.05) is 25.2 Å². The summed E-state index contributed by atoms with van der Waals surface area (Å²) in [6, 6.07) is 5.85. The maximum Gasteiger partial charge on any atom is 0.251 e. The second-order valence-electron chi connectivity index (χ2n) is 5.73. The Kier molecular flexibility index (Phi) is 3.38. The van der Waals surface area contributed by atoms with Crippen LogP contribution in [0.5, 0.6) is 0 Å². The molecule has 3 atom stereocenters. The number of rotatable bonds is 2. The van der Waals surface area contributed by atoms with Crippen LogP contribution in [0.25, 0.3) is 10.2 Å². The van der Waals surface area contributed by atoms with E-state index in [4.69, 9.17) is 5.73 Å². The van der Waals surface area contributed by atoms with Gasteiger partial charge in [-0.05, 0) is 42.9 Å². The fourth-order valence-electron chi connectivity index (χ4n) is 2.90. The molecular weight excluding hydrogens is 270 g/mol. The third-order valence-corrected chi connectivity index (χ3v) is 5.30. The van der Waals surface area contributed by atoms with Gasteiger partial charge in [0.15, 0.2) is 5.13 Å². The highest BCUT2D eigenvalue weighted by Crippen LogP contribution is 2.31. The zero-order chi connectivity index (χ0) is 14.3. The number of nitrogen functional groups attached to an aromatic ring is 1. The summed E-state index contributed by atoms with van der Waals surface area (Å²) in [5.74, 6) is 1.23. The molecule has 0 spiro atoms. The van der Waals surface area contributed by atoms with E-state index in [0.29, 0.717) is 28.6 Å². The Balaban J connectivity index is 1.78. The minimum atomic E-state index is 0.00446. The Morgan fingerprint density at radius 3 is 2.90 bits per heavy atom. The second-order valence-corrected chi connectivity index (χ2v) is 6.79. The van der Waals surface area contributed by atoms with Crippen molar-refractivity contribution < 1.29 is 4.79 Å². The zero-order valence-electron chi connectivity index (χ0n) is 11.7. The van der Waals surface area contributed by atoms with E-state index >= 15 is 0 Å². The lowest BCUT2D eigenvalue weighted by atomic mass is 9.97. The Morgan fingerprint density at radius 1 is 1.40 bits per heavy atom. The number of aromatic nitrogens is 1. The van der Waals surface area contributed by atoms with E-state index < -0.39 is 0 Å². The first-order valence-corrected chi connectivity index (χ1v) is 7.83. The number of fused-ring (bicyclic) bond motifs is 1. The normalized spacial score (nSPS) is 26.0. The summed E-state index contributed by atoms with van der Waals surface area (Å²) in [6.07, 6.45) is 2.26. The van der Waals surface area contributed by atoms with Crippen molar-refractivity contribution in [3.8, 4) is 0 Å². The van der Waals surface area contributed by atoms with E-state index in [2.05, 4.69) is 24.1 Å². The summed E-state index contributed by atoms with van der Waals surface area (Å²) >= 11 is 1.41.